The monoisotopic (exact) mass is 765 g/mol. The molecule has 0 saturated carbocycles. The van der Waals surface area contributed by atoms with Crippen molar-refractivity contribution >= 4 is 5.97 Å². The fourth-order valence-corrected chi connectivity index (χ4v) is 8.37. The molecule has 1 N–H and O–H groups in total. The van der Waals surface area contributed by atoms with Crippen molar-refractivity contribution in [1.82, 2.24) is 9.80 Å². The Morgan fingerprint density at radius 2 is 0.833 bits per heavy atom. The van der Waals surface area contributed by atoms with E-state index in [1.165, 1.54) is 180 Å². The van der Waals surface area contributed by atoms with Gasteiger partial charge in [0.1, 0.15) is 0 Å². The third kappa shape index (κ3) is 38.2. The van der Waals surface area contributed by atoms with E-state index in [0.29, 0.717) is 13.0 Å². The van der Waals surface area contributed by atoms with Gasteiger partial charge in [-0.1, -0.05) is 201 Å². The molecule has 0 rings (SSSR count). The number of hydrogen-bond donors (Lipinski definition) is 1. The summed E-state index contributed by atoms with van der Waals surface area (Å²) in [6.07, 6.45) is 43.7. The Balaban J connectivity index is 4.39. The molecule has 0 aliphatic heterocycles. The first kappa shape index (κ1) is 53.4. The maximum absolute atomic E-state index is 12.5. The number of hydrogen-bond acceptors (Lipinski definition) is 5. The molecule has 0 heterocycles. The van der Waals surface area contributed by atoms with Crippen molar-refractivity contribution in [3.05, 3.63) is 0 Å². The fourth-order valence-electron chi connectivity index (χ4n) is 8.37. The fraction of sp³-hybridized carbons (Fsp3) is 0.980. The predicted octanol–water partition coefficient (Wildman–Crippen LogP) is 14.3. The number of esters is 1. The van der Waals surface area contributed by atoms with E-state index in [1.807, 2.05) is 14.1 Å². The first-order chi connectivity index (χ1) is 26.4. The van der Waals surface area contributed by atoms with Gasteiger partial charge in [-0.2, -0.15) is 0 Å². The second kappa shape index (κ2) is 42.0. The summed E-state index contributed by atoms with van der Waals surface area (Å²) >= 11 is 0. The van der Waals surface area contributed by atoms with Gasteiger partial charge in [-0.05, 0) is 77.5 Å². The summed E-state index contributed by atoms with van der Waals surface area (Å²) in [6, 6.07) is 0. The van der Waals surface area contributed by atoms with Crippen LogP contribution in [0.15, 0.2) is 0 Å². The van der Waals surface area contributed by atoms with Crippen LogP contribution in [0.25, 0.3) is 0 Å². The Labute approximate surface area is 340 Å². The van der Waals surface area contributed by atoms with Crippen LogP contribution in [0.4, 0.5) is 0 Å². The molecular formula is C49H100N2O3. The molecule has 0 bridgehead atoms. The molecule has 0 amide bonds. The normalized spacial score (nSPS) is 12.6. The summed E-state index contributed by atoms with van der Waals surface area (Å²) in [6.45, 7) is 13.7. The molecule has 5 heteroatoms. The zero-order chi connectivity index (χ0) is 39.7. The SMILES string of the molecule is CCCCCCC(CCCCCC)CCCCCCCCN(CCCCCC(=O)OCCCC(CCCCCC)CCCCCC)CCC(O)CN(C)C. The van der Waals surface area contributed by atoms with E-state index in [9.17, 15) is 9.90 Å². The lowest BCUT2D eigenvalue weighted by atomic mass is 9.89. The number of aliphatic hydroxyl groups excluding tert-OH is 1. The molecular weight excluding hydrogens is 665 g/mol. The van der Waals surface area contributed by atoms with Crippen molar-refractivity contribution in [3.8, 4) is 0 Å². The number of aliphatic hydroxyl groups is 1. The lowest BCUT2D eigenvalue weighted by Gasteiger charge is -2.24. The summed E-state index contributed by atoms with van der Waals surface area (Å²) in [4.78, 5) is 17.2. The molecule has 5 nitrogen and oxygen atoms in total. The van der Waals surface area contributed by atoms with Gasteiger partial charge in [0.25, 0.3) is 0 Å². The molecule has 1 unspecified atom stereocenters. The third-order valence-corrected chi connectivity index (χ3v) is 11.9. The summed E-state index contributed by atoms with van der Waals surface area (Å²) < 4.78 is 5.68. The van der Waals surface area contributed by atoms with Gasteiger partial charge in [0.2, 0.25) is 0 Å². The van der Waals surface area contributed by atoms with Crippen molar-refractivity contribution in [2.24, 2.45) is 11.8 Å². The minimum absolute atomic E-state index is 0.00410. The van der Waals surface area contributed by atoms with Crippen LogP contribution in [-0.2, 0) is 9.53 Å². The predicted molar refractivity (Wildman–Crippen MR) is 239 cm³/mol. The molecule has 54 heavy (non-hydrogen) atoms. The Kier molecular flexibility index (Phi) is 41.5. The van der Waals surface area contributed by atoms with Crippen LogP contribution in [0.5, 0.6) is 0 Å². The Morgan fingerprint density at radius 1 is 0.463 bits per heavy atom. The lowest BCUT2D eigenvalue weighted by molar-refractivity contribution is -0.144. The Morgan fingerprint density at radius 3 is 1.26 bits per heavy atom. The van der Waals surface area contributed by atoms with Gasteiger partial charge in [-0.15, -0.1) is 0 Å². The van der Waals surface area contributed by atoms with Crippen molar-refractivity contribution in [2.45, 2.75) is 252 Å². The van der Waals surface area contributed by atoms with Crippen molar-refractivity contribution in [2.75, 3.05) is 46.9 Å². The number of likely N-dealkylation sites (N-methyl/N-ethyl adjacent to an activating group) is 1. The highest BCUT2D eigenvalue weighted by molar-refractivity contribution is 5.69. The summed E-state index contributed by atoms with van der Waals surface area (Å²) in [5.74, 6) is 1.77. The number of ether oxygens (including phenoxy) is 1. The lowest BCUT2D eigenvalue weighted by Crippen LogP contribution is -2.33. The molecule has 0 saturated heterocycles. The topological polar surface area (TPSA) is 53.0 Å². The minimum atomic E-state index is -0.267. The van der Waals surface area contributed by atoms with Crippen LogP contribution in [-0.4, -0.2) is 73.9 Å². The number of nitrogens with zero attached hydrogens (tertiary/aromatic N) is 2. The maximum Gasteiger partial charge on any atom is 0.305 e. The van der Waals surface area contributed by atoms with Crippen LogP contribution in [0.1, 0.15) is 246 Å². The quantitative estimate of drug-likeness (QED) is 0.0495. The molecule has 0 spiro atoms. The summed E-state index contributed by atoms with van der Waals surface area (Å²) in [5, 5.41) is 10.5. The molecule has 0 radical (unpaired) electrons. The van der Waals surface area contributed by atoms with Crippen LogP contribution >= 0.6 is 0 Å². The molecule has 0 aliphatic rings. The Hall–Kier alpha value is -0.650. The average molecular weight is 765 g/mol. The van der Waals surface area contributed by atoms with E-state index in [1.54, 1.807) is 0 Å². The molecule has 0 aromatic carbocycles. The van der Waals surface area contributed by atoms with Gasteiger partial charge >= 0.3 is 5.97 Å². The third-order valence-electron chi connectivity index (χ3n) is 11.9. The van der Waals surface area contributed by atoms with E-state index in [0.717, 1.165) is 70.1 Å². The second-order valence-corrected chi connectivity index (χ2v) is 17.8. The highest BCUT2D eigenvalue weighted by Crippen LogP contribution is 2.25. The molecule has 0 fully saturated rings. The van der Waals surface area contributed by atoms with Crippen LogP contribution < -0.4 is 0 Å². The van der Waals surface area contributed by atoms with E-state index in [4.69, 9.17) is 4.74 Å². The molecule has 0 aromatic heterocycles. The first-order valence-corrected chi connectivity index (χ1v) is 24.6. The maximum atomic E-state index is 12.5. The van der Waals surface area contributed by atoms with E-state index >= 15 is 0 Å². The second-order valence-electron chi connectivity index (χ2n) is 17.8. The van der Waals surface area contributed by atoms with Gasteiger partial charge in [-0.3, -0.25) is 4.79 Å². The van der Waals surface area contributed by atoms with Gasteiger partial charge in [0.05, 0.1) is 12.7 Å². The summed E-state index contributed by atoms with van der Waals surface area (Å²) in [5.41, 5.74) is 0. The standard InChI is InChI=1S/C49H100N2O3/c1-7-11-15-24-33-46(34-25-16-12-8-2)37-28-21-19-20-22-30-41-51(43-40-48(52)45-50(5)6)42-31-23-29-39-49(53)54-44-32-38-47(35-26-17-13-9-3)36-27-18-14-10-4/h46-48,52H,7-45H2,1-6H3. The van der Waals surface area contributed by atoms with E-state index in [-0.39, 0.29) is 12.1 Å². The van der Waals surface area contributed by atoms with Crippen molar-refractivity contribution in [3.63, 3.8) is 0 Å². The highest BCUT2D eigenvalue weighted by atomic mass is 16.5. The first-order valence-electron chi connectivity index (χ1n) is 24.6. The highest BCUT2D eigenvalue weighted by Gasteiger charge is 2.13. The molecule has 0 aromatic rings. The number of carbonyl (C=O) groups is 1. The van der Waals surface area contributed by atoms with Crippen molar-refractivity contribution in [1.29, 1.82) is 0 Å². The van der Waals surface area contributed by atoms with Gasteiger partial charge < -0.3 is 19.6 Å². The molecule has 0 aliphatic carbocycles. The van der Waals surface area contributed by atoms with Gasteiger partial charge in [0.15, 0.2) is 0 Å². The number of carbonyl (C=O) groups excluding carboxylic acids is 1. The summed E-state index contributed by atoms with van der Waals surface area (Å²) in [7, 11) is 4.07. The molecule has 324 valence electrons. The van der Waals surface area contributed by atoms with Crippen molar-refractivity contribution < 1.29 is 14.6 Å². The van der Waals surface area contributed by atoms with Crippen LogP contribution in [0, 0.1) is 11.8 Å². The minimum Gasteiger partial charge on any atom is -0.466 e. The van der Waals surface area contributed by atoms with Crippen LogP contribution in [0.3, 0.4) is 0 Å². The van der Waals surface area contributed by atoms with E-state index < -0.39 is 0 Å². The smallest absolute Gasteiger partial charge is 0.305 e. The zero-order valence-corrected chi connectivity index (χ0v) is 38.0. The van der Waals surface area contributed by atoms with Gasteiger partial charge in [0, 0.05) is 19.5 Å². The average Bonchev–Trinajstić information content (AvgIpc) is 3.15. The molecule has 1 atom stereocenters. The Bertz CT molecular complexity index is 722. The zero-order valence-electron chi connectivity index (χ0n) is 38.0. The van der Waals surface area contributed by atoms with Gasteiger partial charge in [-0.25, -0.2) is 0 Å². The van der Waals surface area contributed by atoms with E-state index in [2.05, 4.69) is 37.5 Å². The number of rotatable bonds is 44. The number of unbranched alkanes of at least 4 members (excludes halogenated alkanes) is 19. The largest absolute Gasteiger partial charge is 0.466 e. The van der Waals surface area contributed by atoms with Crippen LogP contribution in [0.2, 0.25) is 0 Å².